The van der Waals surface area contributed by atoms with Gasteiger partial charge in [-0.2, -0.15) is 0 Å². The van der Waals surface area contributed by atoms with E-state index in [1.54, 1.807) is 38.2 Å². The summed E-state index contributed by atoms with van der Waals surface area (Å²) in [5.41, 5.74) is 1.02. The molecule has 0 radical (unpaired) electrons. The van der Waals surface area contributed by atoms with E-state index in [0.717, 1.165) is 12.8 Å². The van der Waals surface area contributed by atoms with Crippen molar-refractivity contribution in [3.05, 3.63) is 53.4 Å². The number of rotatable bonds is 8. The molecule has 0 saturated carbocycles. The van der Waals surface area contributed by atoms with Gasteiger partial charge < -0.3 is 43.7 Å². The first kappa shape index (κ1) is 37.7. The number of sulfonamides is 1. The Morgan fingerprint density at radius 1 is 1.08 bits per heavy atom. The van der Waals surface area contributed by atoms with Crippen LogP contribution < -0.4 is 24.2 Å². The van der Waals surface area contributed by atoms with Gasteiger partial charge in [-0.1, -0.05) is 12.1 Å². The van der Waals surface area contributed by atoms with Crippen molar-refractivity contribution in [2.45, 2.75) is 77.0 Å². The predicted molar refractivity (Wildman–Crippen MR) is 188 cm³/mol. The summed E-state index contributed by atoms with van der Waals surface area (Å²) >= 11 is 0. The van der Waals surface area contributed by atoms with Gasteiger partial charge in [-0.25, -0.2) is 13.2 Å². The van der Waals surface area contributed by atoms with Crippen molar-refractivity contribution in [1.29, 1.82) is 0 Å². The number of carbonyl (C=O) groups is 2. The number of fused-ring (bicyclic) bond motifs is 2. The predicted octanol–water partition coefficient (Wildman–Crippen LogP) is 4.78. The van der Waals surface area contributed by atoms with Crippen molar-refractivity contribution in [2.24, 2.45) is 5.92 Å². The molecule has 5 rings (SSSR count). The van der Waals surface area contributed by atoms with Crippen LogP contribution >= 0.6 is 0 Å². The Hall–Kier alpha value is -4.54. The van der Waals surface area contributed by atoms with Crippen LogP contribution in [0.3, 0.4) is 0 Å². The van der Waals surface area contributed by atoms with E-state index < -0.39 is 28.1 Å². The smallest absolute Gasteiger partial charge is 0.321 e. The Balaban J connectivity index is 1.40. The molecular formula is C35H47N5O10S. The van der Waals surface area contributed by atoms with Gasteiger partial charge in [0.25, 0.3) is 15.9 Å². The van der Waals surface area contributed by atoms with Crippen LogP contribution in [0.15, 0.2) is 45.8 Å². The van der Waals surface area contributed by atoms with Crippen molar-refractivity contribution in [2.75, 3.05) is 50.2 Å². The number of carbonyl (C=O) groups excluding carboxylic acids is 2. The fourth-order valence-electron chi connectivity index (χ4n) is 6.06. The van der Waals surface area contributed by atoms with Crippen LogP contribution in [0.1, 0.15) is 61.8 Å². The minimum absolute atomic E-state index is 0.0799. The quantitative estimate of drug-likeness (QED) is 0.290. The number of nitrogens with zero attached hydrogens (tertiary/aromatic N) is 3. The van der Waals surface area contributed by atoms with E-state index in [2.05, 4.69) is 15.2 Å². The van der Waals surface area contributed by atoms with Gasteiger partial charge in [0, 0.05) is 50.1 Å². The number of anilines is 2. The third kappa shape index (κ3) is 9.04. The molecular weight excluding hydrogens is 682 g/mol. The molecule has 16 heteroatoms. The molecule has 3 aromatic rings. The van der Waals surface area contributed by atoms with Crippen molar-refractivity contribution in [3.63, 3.8) is 0 Å². The lowest BCUT2D eigenvalue weighted by molar-refractivity contribution is -0.0115. The second kappa shape index (κ2) is 16.2. The zero-order valence-electron chi connectivity index (χ0n) is 29.8. The van der Waals surface area contributed by atoms with Crippen LogP contribution in [0, 0.1) is 19.8 Å². The molecule has 0 bridgehead atoms. The summed E-state index contributed by atoms with van der Waals surface area (Å²) in [7, 11) is -2.43. The standard InChI is InChI=1S/C35H47N5O10S/c1-21-17-40(22(2)19-41)34(42)28-15-27(38-51(44,45)33-24(4)37-50-25(33)5)11-12-29(28)49-23(3)9-7-8-14-46-32(21)18-39(6)35(43)36-26-10-13-30-31(16-26)48-20-47-30/h10-13,15-16,21-23,32,38,41H,7-9,14,17-20H2,1-6H3,(H,36,43)/t21-,22-,23-,32-/m0/s1. The number of hydrogen-bond donors (Lipinski definition) is 3. The lowest BCUT2D eigenvalue weighted by atomic mass is 10.0. The van der Waals surface area contributed by atoms with Gasteiger partial charge in [-0.05, 0) is 77.3 Å². The normalized spacial score (nSPS) is 20.5. The molecule has 1 aromatic heterocycles. The molecule has 3 amide bonds. The van der Waals surface area contributed by atoms with Gasteiger partial charge in [0.05, 0.1) is 30.4 Å². The zero-order valence-corrected chi connectivity index (χ0v) is 30.6. The summed E-state index contributed by atoms with van der Waals surface area (Å²) in [5.74, 6) is 0.826. The van der Waals surface area contributed by atoms with E-state index in [1.807, 2.05) is 13.8 Å². The average Bonchev–Trinajstić information content (AvgIpc) is 3.70. The second-order valence-corrected chi connectivity index (χ2v) is 14.8. The second-order valence-electron chi connectivity index (χ2n) is 13.1. The number of ether oxygens (including phenoxy) is 4. The molecule has 0 saturated heterocycles. The Morgan fingerprint density at radius 2 is 1.80 bits per heavy atom. The maximum atomic E-state index is 14.4. The molecule has 0 fully saturated rings. The first-order valence-corrected chi connectivity index (χ1v) is 18.5. The van der Waals surface area contributed by atoms with Crippen LogP contribution in [-0.4, -0.2) is 98.8 Å². The Bertz CT molecular complexity index is 1800. The maximum absolute atomic E-state index is 14.4. The van der Waals surface area contributed by atoms with Crippen LogP contribution in [0.2, 0.25) is 0 Å². The molecule has 4 atom stereocenters. The van der Waals surface area contributed by atoms with Crippen LogP contribution in [0.4, 0.5) is 16.2 Å². The topological polar surface area (TPSA) is 182 Å². The van der Waals surface area contributed by atoms with Crippen molar-refractivity contribution in [1.82, 2.24) is 15.0 Å². The summed E-state index contributed by atoms with van der Waals surface area (Å²) in [6.45, 7) is 9.21. The van der Waals surface area contributed by atoms with E-state index in [0.29, 0.717) is 36.0 Å². The number of aromatic nitrogens is 1. The van der Waals surface area contributed by atoms with Crippen LogP contribution in [0.25, 0.3) is 0 Å². The number of aryl methyl sites for hydroxylation is 2. The van der Waals surface area contributed by atoms with Gasteiger partial charge in [0.15, 0.2) is 22.2 Å². The van der Waals surface area contributed by atoms with Crippen LogP contribution in [-0.2, 0) is 14.8 Å². The highest BCUT2D eigenvalue weighted by Crippen LogP contribution is 2.34. The van der Waals surface area contributed by atoms with E-state index >= 15 is 0 Å². The number of benzene rings is 2. The Labute approximate surface area is 298 Å². The highest BCUT2D eigenvalue weighted by molar-refractivity contribution is 7.92. The van der Waals surface area contributed by atoms with Crippen molar-refractivity contribution < 1.29 is 46.6 Å². The molecule has 2 aromatic carbocycles. The first-order chi connectivity index (χ1) is 24.3. The highest BCUT2D eigenvalue weighted by Gasteiger charge is 2.32. The molecule has 0 spiro atoms. The van der Waals surface area contributed by atoms with Gasteiger partial charge >= 0.3 is 6.03 Å². The van der Waals surface area contributed by atoms with E-state index in [-0.39, 0.29) is 72.1 Å². The monoisotopic (exact) mass is 729 g/mol. The number of aliphatic hydroxyl groups excluding tert-OH is 1. The summed E-state index contributed by atoms with van der Waals surface area (Å²) in [5, 5.41) is 16.9. The third-order valence-electron chi connectivity index (χ3n) is 8.96. The minimum atomic E-state index is -4.10. The molecule has 0 unspecified atom stereocenters. The summed E-state index contributed by atoms with van der Waals surface area (Å²) in [6, 6.07) is 8.74. The number of likely N-dealkylation sites (N-methyl/N-ethyl adjacent to an activating group) is 1. The van der Waals surface area contributed by atoms with E-state index in [1.165, 1.54) is 35.8 Å². The van der Waals surface area contributed by atoms with Crippen molar-refractivity contribution >= 4 is 33.3 Å². The molecule has 3 heterocycles. The molecule has 51 heavy (non-hydrogen) atoms. The summed E-state index contributed by atoms with van der Waals surface area (Å²) < 4.78 is 57.7. The molecule has 2 aliphatic heterocycles. The fraction of sp³-hybridized carbons (Fsp3) is 0.514. The van der Waals surface area contributed by atoms with Crippen LogP contribution in [0.5, 0.6) is 17.2 Å². The Morgan fingerprint density at radius 3 is 2.53 bits per heavy atom. The first-order valence-electron chi connectivity index (χ1n) is 17.0. The average molecular weight is 730 g/mol. The number of hydrogen-bond acceptors (Lipinski definition) is 11. The van der Waals surface area contributed by atoms with Gasteiger partial charge in [0.1, 0.15) is 11.4 Å². The van der Waals surface area contributed by atoms with Crippen molar-refractivity contribution in [3.8, 4) is 17.2 Å². The summed E-state index contributed by atoms with van der Waals surface area (Å²) in [6.07, 6.45) is 1.47. The van der Waals surface area contributed by atoms with Gasteiger partial charge in [-0.3, -0.25) is 9.52 Å². The maximum Gasteiger partial charge on any atom is 0.321 e. The van der Waals surface area contributed by atoms with E-state index in [9.17, 15) is 23.1 Å². The lowest BCUT2D eigenvalue weighted by Gasteiger charge is -2.35. The number of nitrogens with one attached hydrogen (secondary N) is 2. The molecule has 15 nitrogen and oxygen atoms in total. The van der Waals surface area contributed by atoms with Gasteiger partial charge in [0.2, 0.25) is 6.79 Å². The number of amides is 3. The highest BCUT2D eigenvalue weighted by atomic mass is 32.2. The largest absolute Gasteiger partial charge is 0.490 e. The SMILES string of the molecule is Cc1noc(C)c1S(=O)(=O)Nc1ccc2c(c1)C(=O)N([C@@H](C)CO)C[C@H](C)[C@H](CN(C)C(=O)Nc1ccc3c(c1)OCO3)OCCCC[C@H](C)O2. The fourth-order valence-corrected chi connectivity index (χ4v) is 7.44. The molecule has 0 aliphatic carbocycles. The third-order valence-corrected chi connectivity index (χ3v) is 10.6. The minimum Gasteiger partial charge on any atom is -0.490 e. The molecule has 3 N–H and O–H groups in total. The van der Waals surface area contributed by atoms with E-state index in [4.69, 9.17) is 23.5 Å². The lowest BCUT2D eigenvalue weighted by Crippen LogP contribution is -2.48. The van der Waals surface area contributed by atoms with Gasteiger partial charge in [-0.15, -0.1) is 0 Å². The zero-order chi connectivity index (χ0) is 36.9. The summed E-state index contributed by atoms with van der Waals surface area (Å²) in [4.78, 5) is 30.7. The number of urea groups is 1. The molecule has 2 aliphatic rings. The Kier molecular flexibility index (Phi) is 12.0. The molecule has 278 valence electrons. The number of aliphatic hydroxyl groups is 1.